The van der Waals surface area contributed by atoms with Crippen molar-refractivity contribution < 1.29 is 22.8 Å². The molecule has 2 aliphatic heterocycles. The Balaban J connectivity index is 1.58. The zero-order chi connectivity index (χ0) is 24.5. The predicted octanol–water partition coefficient (Wildman–Crippen LogP) is 1.84. The van der Waals surface area contributed by atoms with Crippen LogP contribution in [0.4, 0.5) is 9.80 Å². The number of fused-ring (bicyclic) bond motifs is 1. The molecule has 1 aromatic heterocycles. The molecule has 34 heavy (non-hydrogen) atoms. The maximum atomic E-state index is 13.0. The fraction of sp³-hybridized carbons (Fsp3) is 0.409. The predicted molar refractivity (Wildman–Crippen MR) is 129 cm³/mol. The number of carbonyl (C=O) groups excluding carboxylic acids is 3. The minimum atomic E-state index is -3.57. The molecule has 0 saturated carbocycles. The molecular weight excluding hydrogens is 478 g/mol. The van der Waals surface area contributed by atoms with Crippen molar-refractivity contribution in [2.24, 2.45) is 0 Å². The molecule has 4 rings (SSSR count). The summed E-state index contributed by atoms with van der Waals surface area (Å²) in [7, 11) is -0.182. The minimum absolute atomic E-state index is 0.145. The minimum Gasteiger partial charge on any atom is -0.341 e. The van der Waals surface area contributed by atoms with Gasteiger partial charge in [0.15, 0.2) is 0 Å². The van der Waals surface area contributed by atoms with Gasteiger partial charge in [-0.2, -0.15) is 4.31 Å². The van der Waals surface area contributed by atoms with Gasteiger partial charge in [-0.25, -0.2) is 13.2 Å². The van der Waals surface area contributed by atoms with Crippen molar-refractivity contribution in [2.45, 2.75) is 30.7 Å². The summed E-state index contributed by atoms with van der Waals surface area (Å²) in [4.78, 5) is 40.8. The van der Waals surface area contributed by atoms with E-state index in [1.165, 1.54) is 47.0 Å². The van der Waals surface area contributed by atoms with Crippen molar-refractivity contribution in [3.8, 4) is 0 Å². The number of imide groups is 1. The van der Waals surface area contributed by atoms with E-state index in [0.29, 0.717) is 36.6 Å². The van der Waals surface area contributed by atoms with Crippen molar-refractivity contribution in [1.29, 1.82) is 0 Å². The molecule has 1 saturated heterocycles. The lowest BCUT2D eigenvalue weighted by Gasteiger charge is -2.22. The number of anilines is 1. The number of urea groups is 1. The van der Waals surface area contributed by atoms with Crippen LogP contribution in [0.5, 0.6) is 0 Å². The number of benzene rings is 1. The van der Waals surface area contributed by atoms with Crippen LogP contribution < -0.4 is 16.0 Å². The molecule has 3 N–H and O–H groups in total. The molecular formula is C22H27N5O5S2. The Morgan fingerprint density at radius 1 is 1.00 bits per heavy atom. The summed E-state index contributed by atoms with van der Waals surface area (Å²) in [5, 5.41) is 7.79. The second-order valence-electron chi connectivity index (χ2n) is 8.32. The number of likely N-dealkylation sites (N-methyl/N-ethyl adjacent to an activating group) is 1. The van der Waals surface area contributed by atoms with Crippen LogP contribution in [0.1, 0.15) is 44.0 Å². The molecule has 0 spiro atoms. The number of hydrogen-bond acceptors (Lipinski definition) is 7. The largest absolute Gasteiger partial charge is 0.341 e. The summed E-state index contributed by atoms with van der Waals surface area (Å²) in [5.41, 5.74) is 1.38. The number of thiophene rings is 1. The molecule has 1 aromatic carbocycles. The highest BCUT2D eigenvalue weighted by Gasteiger charge is 2.30. The highest BCUT2D eigenvalue weighted by Crippen LogP contribution is 2.37. The van der Waals surface area contributed by atoms with Gasteiger partial charge in [-0.1, -0.05) is 0 Å². The van der Waals surface area contributed by atoms with Crippen molar-refractivity contribution in [3.05, 3.63) is 45.8 Å². The standard InChI is InChI=1S/C22H27N5O5S2/c1-23-22(30)25-20(29)18-16-9-12-26(2)13-17(16)33-21(18)24-19(28)14-5-7-15(8-6-14)34(31,32)27-10-3-4-11-27/h5-8H,3-4,9-13H2,1-2H3,(H,24,28)(H2,23,25,29,30). The van der Waals surface area contributed by atoms with Crippen LogP contribution in [0.25, 0.3) is 0 Å². The quantitative estimate of drug-likeness (QED) is 0.569. The lowest BCUT2D eigenvalue weighted by atomic mass is 10.0. The van der Waals surface area contributed by atoms with E-state index in [9.17, 15) is 22.8 Å². The Morgan fingerprint density at radius 3 is 2.32 bits per heavy atom. The third-order valence-corrected chi connectivity index (χ3v) is 9.02. The monoisotopic (exact) mass is 505 g/mol. The second kappa shape index (κ2) is 9.82. The average molecular weight is 506 g/mol. The average Bonchev–Trinajstić information content (AvgIpc) is 3.47. The third kappa shape index (κ3) is 4.85. The number of carbonyl (C=O) groups is 3. The molecule has 0 aliphatic carbocycles. The van der Waals surface area contributed by atoms with E-state index in [0.717, 1.165) is 29.8 Å². The van der Waals surface area contributed by atoms with Crippen LogP contribution in [0, 0.1) is 0 Å². The van der Waals surface area contributed by atoms with Crippen LogP contribution in [-0.4, -0.2) is 69.2 Å². The highest BCUT2D eigenvalue weighted by atomic mass is 32.2. The maximum absolute atomic E-state index is 13.0. The van der Waals surface area contributed by atoms with Gasteiger partial charge in [0.25, 0.3) is 11.8 Å². The van der Waals surface area contributed by atoms with Gasteiger partial charge in [0.1, 0.15) is 5.00 Å². The summed E-state index contributed by atoms with van der Waals surface area (Å²) < 4.78 is 26.9. The number of rotatable bonds is 5. The Labute approximate surface area is 202 Å². The number of nitrogens with zero attached hydrogens (tertiary/aromatic N) is 2. The van der Waals surface area contributed by atoms with E-state index in [4.69, 9.17) is 0 Å². The summed E-state index contributed by atoms with van der Waals surface area (Å²) in [6.07, 6.45) is 2.31. The van der Waals surface area contributed by atoms with Gasteiger partial charge < -0.3 is 15.5 Å². The van der Waals surface area contributed by atoms with E-state index in [1.807, 2.05) is 7.05 Å². The fourth-order valence-electron chi connectivity index (χ4n) is 4.12. The molecule has 182 valence electrons. The third-order valence-electron chi connectivity index (χ3n) is 5.98. The van der Waals surface area contributed by atoms with Gasteiger partial charge in [-0.15, -0.1) is 11.3 Å². The molecule has 2 aromatic rings. The van der Waals surface area contributed by atoms with Crippen LogP contribution in [0.2, 0.25) is 0 Å². The molecule has 10 nitrogen and oxygen atoms in total. The SMILES string of the molecule is CNC(=O)NC(=O)c1c(NC(=O)c2ccc(S(=O)(=O)N3CCCC3)cc2)sc2c1CCN(C)C2. The lowest BCUT2D eigenvalue weighted by molar-refractivity contribution is 0.0964. The van der Waals surface area contributed by atoms with Crippen molar-refractivity contribution in [1.82, 2.24) is 19.8 Å². The number of sulfonamides is 1. The Bertz CT molecular complexity index is 1220. The summed E-state index contributed by atoms with van der Waals surface area (Å²) in [5.74, 6) is -1.05. The van der Waals surface area contributed by atoms with Crippen molar-refractivity contribution in [3.63, 3.8) is 0 Å². The lowest BCUT2D eigenvalue weighted by Crippen LogP contribution is -2.38. The molecule has 4 amide bonds. The molecule has 3 heterocycles. The first-order valence-electron chi connectivity index (χ1n) is 11.0. The summed E-state index contributed by atoms with van der Waals surface area (Å²) >= 11 is 1.31. The van der Waals surface area contributed by atoms with Crippen LogP contribution in [-0.2, 0) is 23.0 Å². The number of nitrogens with one attached hydrogen (secondary N) is 3. The van der Waals surface area contributed by atoms with Gasteiger partial charge in [0.05, 0.1) is 10.5 Å². The molecule has 2 aliphatic rings. The van der Waals surface area contributed by atoms with Crippen LogP contribution >= 0.6 is 11.3 Å². The zero-order valence-electron chi connectivity index (χ0n) is 19.0. The number of amides is 4. The number of hydrogen-bond donors (Lipinski definition) is 3. The van der Waals surface area contributed by atoms with E-state index in [2.05, 4.69) is 20.9 Å². The summed E-state index contributed by atoms with van der Waals surface area (Å²) in [6, 6.07) is 5.14. The first-order chi connectivity index (χ1) is 16.2. The van der Waals surface area contributed by atoms with E-state index in [1.54, 1.807) is 0 Å². The maximum Gasteiger partial charge on any atom is 0.321 e. The molecule has 1 fully saturated rings. The molecule has 0 radical (unpaired) electrons. The Hall–Kier alpha value is -2.80. The second-order valence-corrected chi connectivity index (χ2v) is 11.4. The van der Waals surface area contributed by atoms with Crippen molar-refractivity contribution in [2.75, 3.05) is 39.0 Å². The molecule has 0 atom stereocenters. The van der Waals surface area contributed by atoms with Gasteiger partial charge in [0.2, 0.25) is 10.0 Å². The Kier molecular flexibility index (Phi) is 7.03. The summed E-state index contributed by atoms with van der Waals surface area (Å²) in [6.45, 7) is 2.40. The normalized spacial score (nSPS) is 16.6. The smallest absolute Gasteiger partial charge is 0.321 e. The molecule has 0 bridgehead atoms. The van der Waals surface area contributed by atoms with Gasteiger partial charge >= 0.3 is 6.03 Å². The van der Waals surface area contributed by atoms with Crippen LogP contribution in [0.3, 0.4) is 0 Å². The van der Waals surface area contributed by atoms with Crippen LogP contribution in [0.15, 0.2) is 29.2 Å². The fourth-order valence-corrected chi connectivity index (χ4v) is 6.96. The first kappa shape index (κ1) is 24.3. The van der Waals surface area contributed by atoms with Crippen molar-refractivity contribution >= 4 is 44.2 Å². The molecule has 12 heteroatoms. The topological polar surface area (TPSA) is 128 Å². The molecule has 0 unspecified atom stereocenters. The van der Waals surface area contributed by atoms with E-state index < -0.39 is 27.9 Å². The van der Waals surface area contributed by atoms with Gasteiger partial charge in [0, 0.05) is 43.7 Å². The highest BCUT2D eigenvalue weighted by molar-refractivity contribution is 7.89. The zero-order valence-corrected chi connectivity index (χ0v) is 20.6. The first-order valence-corrected chi connectivity index (χ1v) is 13.2. The van der Waals surface area contributed by atoms with Gasteiger partial charge in [-0.05, 0) is 56.1 Å². The van der Waals surface area contributed by atoms with E-state index >= 15 is 0 Å². The Morgan fingerprint density at radius 2 is 1.68 bits per heavy atom. The van der Waals surface area contributed by atoms with E-state index in [-0.39, 0.29) is 10.5 Å². The van der Waals surface area contributed by atoms with Gasteiger partial charge in [-0.3, -0.25) is 14.9 Å².